The number of likely N-dealkylation sites (N-methyl/N-ethyl adjacent to an activating group) is 2. The van der Waals surface area contributed by atoms with Crippen molar-refractivity contribution in [2.45, 2.75) is 26.8 Å². The van der Waals surface area contributed by atoms with Crippen LogP contribution in [0.4, 0.5) is 0 Å². The average Bonchev–Trinajstić information content (AvgIpc) is 2.14. The molecule has 0 aromatic rings. The standard InChI is InChI=1S/C10H20N2O3/c1-5-12(7-10(14)15)6-9(13)11(4)8(2)3/h8H,5-7H2,1-4H3,(H,14,15). The van der Waals surface area contributed by atoms with Crippen molar-refractivity contribution in [1.82, 2.24) is 9.80 Å². The van der Waals surface area contributed by atoms with Crippen molar-refractivity contribution in [2.24, 2.45) is 0 Å². The molecule has 0 aliphatic carbocycles. The Morgan fingerprint density at radius 2 is 1.80 bits per heavy atom. The van der Waals surface area contributed by atoms with Crippen LogP contribution in [0.5, 0.6) is 0 Å². The van der Waals surface area contributed by atoms with Gasteiger partial charge in [-0.1, -0.05) is 6.92 Å². The molecule has 1 amide bonds. The number of nitrogens with zero attached hydrogens (tertiary/aromatic N) is 2. The van der Waals surface area contributed by atoms with Gasteiger partial charge in [-0.25, -0.2) is 0 Å². The molecule has 0 fully saturated rings. The molecule has 0 atom stereocenters. The lowest BCUT2D eigenvalue weighted by molar-refractivity contribution is -0.139. The summed E-state index contributed by atoms with van der Waals surface area (Å²) >= 11 is 0. The number of hydrogen-bond donors (Lipinski definition) is 1. The van der Waals surface area contributed by atoms with Crippen LogP contribution in [-0.4, -0.2) is 59.5 Å². The fraction of sp³-hybridized carbons (Fsp3) is 0.800. The molecule has 0 saturated heterocycles. The third-order valence-corrected chi connectivity index (χ3v) is 2.33. The zero-order valence-corrected chi connectivity index (χ0v) is 9.86. The molecule has 0 heterocycles. The third-order valence-electron chi connectivity index (χ3n) is 2.33. The third kappa shape index (κ3) is 5.37. The minimum atomic E-state index is -0.906. The molecule has 0 aliphatic heterocycles. The van der Waals surface area contributed by atoms with Crippen LogP contribution in [-0.2, 0) is 9.59 Å². The normalized spacial score (nSPS) is 10.8. The number of carbonyl (C=O) groups excluding carboxylic acids is 1. The Balaban J connectivity index is 4.18. The van der Waals surface area contributed by atoms with Crippen LogP contribution in [0.1, 0.15) is 20.8 Å². The molecular formula is C10H20N2O3. The number of carboxylic acid groups (broad SMARTS) is 1. The van der Waals surface area contributed by atoms with Gasteiger partial charge < -0.3 is 10.0 Å². The van der Waals surface area contributed by atoms with Crippen molar-refractivity contribution in [1.29, 1.82) is 0 Å². The van der Waals surface area contributed by atoms with Gasteiger partial charge in [0.15, 0.2) is 0 Å². The van der Waals surface area contributed by atoms with Gasteiger partial charge in [-0.2, -0.15) is 0 Å². The van der Waals surface area contributed by atoms with Crippen LogP contribution in [0.15, 0.2) is 0 Å². The quantitative estimate of drug-likeness (QED) is 0.692. The molecule has 0 unspecified atom stereocenters. The van der Waals surface area contributed by atoms with Gasteiger partial charge in [0, 0.05) is 13.1 Å². The minimum absolute atomic E-state index is 0.0481. The molecule has 0 aromatic heterocycles. The van der Waals surface area contributed by atoms with Gasteiger partial charge in [-0.05, 0) is 20.4 Å². The first kappa shape index (κ1) is 13.9. The second-order valence-electron chi connectivity index (χ2n) is 3.80. The Labute approximate surface area is 90.7 Å². The van der Waals surface area contributed by atoms with Crippen molar-refractivity contribution in [3.05, 3.63) is 0 Å². The lowest BCUT2D eigenvalue weighted by atomic mass is 10.3. The van der Waals surface area contributed by atoms with Crippen molar-refractivity contribution < 1.29 is 14.7 Å². The Morgan fingerprint density at radius 3 is 2.13 bits per heavy atom. The summed E-state index contributed by atoms with van der Waals surface area (Å²) in [6, 6.07) is 0.140. The van der Waals surface area contributed by atoms with Crippen LogP contribution >= 0.6 is 0 Å². The summed E-state index contributed by atoms with van der Waals surface area (Å²) in [5.41, 5.74) is 0. The Hall–Kier alpha value is -1.10. The maximum Gasteiger partial charge on any atom is 0.317 e. The van der Waals surface area contributed by atoms with E-state index in [0.717, 1.165) is 0 Å². The van der Waals surface area contributed by atoms with Gasteiger partial charge in [0.05, 0.1) is 13.1 Å². The molecule has 0 saturated carbocycles. The fourth-order valence-corrected chi connectivity index (χ4v) is 1.06. The van der Waals surface area contributed by atoms with Crippen LogP contribution < -0.4 is 0 Å². The molecule has 15 heavy (non-hydrogen) atoms. The van der Waals surface area contributed by atoms with Gasteiger partial charge in [-0.15, -0.1) is 0 Å². The largest absolute Gasteiger partial charge is 0.480 e. The zero-order valence-electron chi connectivity index (χ0n) is 9.86. The molecule has 0 rings (SSSR count). The second kappa shape index (κ2) is 6.40. The summed E-state index contributed by atoms with van der Waals surface area (Å²) in [7, 11) is 1.72. The number of rotatable bonds is 6. The SMILES string of the molecule is CCN(CC(=O)O)CC(=O)N(C)C(C)C. The van der Waals surface area contributed by atoms with Crippen molar-refractivity contribution in [3.8, 4) is 0 Å². The van der Waals surface area contributed by atoms with Crippen LogP contribution in [0, 0.1) is 0 Å². The number of aliphatic carboxylic acids is 1. The Bertz CT molecular complexity index is 229. The average molecular weight is 216 g/mol. The lowest BCUT2D eigenvalue weighted by Crippen LogP contribution is -2.42. The van der Waals surface area contributed by atoms with Gasteiger partial charge in [0.25, 0.3) is 0 Å². The molecule has 0 bridgehead atoms. The van der Waals surface area contributed by atoms with E-state index in [1.165, 1.54) is 0 Å². The van der Waals surface area contributed by atoms with E-state index in [1.54, 1.807) is 16.8 Å². The van der Waals surface area contributed by atoms with Crippen molar-refractivity contribution >= 4 is 11.9 Å². The molecule has 5 heteroatoms. The monoisotopic (exact) mass is 216 g/mol. The number of amides is 1. The van der Waals surface area contributed by atoms with Crippen molar-refractivity contribution in [2.75, 3.05) is 26.7 Å². The van der Waals surface area contributed by atoms with E-state index in [9.17, 15) is 9.59 Å². The number of carbonyl (C=O) groups is 2. The molecule has 0 aliphatic rings. The summed E-state index contributed by atoms with van der Waals surface area (Å²) in [6.07, 6.45) is 0. The van der Waals surface area contributed by atoms with E-state index in [-0.39, 0.29) is 25.0 Å². The molecule has 88 valence electrons. The van der Waals surface area contributed by atoms with E-state index in [2.05, 4.69) is 0 Å². The maximum atomic E-state index is 11.6. The topological polar surface area (TPSA) is 60.9 Å². The van der Waals surface area contributed by atoms with Crippen LogP contribution in [0.25, 0.3) is 0 Å². The summed E-state index contributed by atoms with van der Waals surface area (Å²) in [4.78, 5) is 25.3. The van der Waals surface area contributed by atoms with E-state index in [4.69, 9.17) is 5.11 Å². The smallest absolute Gasteiger partial charge is 0.317 e. The molecule has 1 N–H and O–H groups in total. The lowest BCUT2D eigenvalue weighted by Gasteiger charge is -2.25. The number of hydrogen-bond acceptors (Lipinski definition) is 3. The van der Waals surface area contributed by atoms with Crippen molar-refractivity contribution in [3.63, 3.8) is 0 Å². The highest BCUT2D eigenvalue weighted by Gasteiger charge is 2.16. The number of carboxylic acids is 1. The van der Waals surface area contributed by atoms with Gasteiger partial charge in [-0.3, -0.25) is 14.5 Å². The van der Waals surface area contributed by atoms with Gasteiger partial charge >= 0.3 is 5.97 Å². The predicted molar refractivity (Wildman–Crippen MR) is 57.7 cm³/mol. The first-order chi connectivity index (χ1) is 6.88. The summed E-state index contributed by atoms with van der Waals surface area (Å²) in [5, 5.41) is 8.61. The van der Waals surface area contributed by atoms with Crippen LogP contribution in [0.3, 0.4) is 0 Å². The summed E-state index contributed by atoms with van der Waals surface area (Å²) < 4.78 is 0. The van der Waals surface area contributed by atoms with E-state index >= 15 is 0 Å². The minimum Gasteiger partial charge on any atom is -0.480 e. The molecule has 0 radical (unpaired) electrons. The zero-order chi connectivity index (χ0) is 12.0. The maximum absolute atomic E-state index is 11.6. The Kier molecular flexibility index (Phi) is 5.93. The second-order valence-corrected chi connectivity index (χ2v) is 3.80. The molecule has 0 spiro atoms. The highest BCUT2D eigenvalue weighted by molar-refractivity contribution is 5.79. The summed E-state index contributed by atoms with van der Waals surface area (Å²) in [6.45, 7) is 6.32. The first-order valence-corrected chi connectivity index (χ1v) is 5.08. The van der Waals surface area contributed by atoms with Crippen LogP contribution in [0.2, 0.25) is 0 Å². The Morgan fingerprint density at radius 1 is 1.27 bits per heavy atom. The van der Waals surface area contributed by atoms with Gasteiger partial charge in [0.2, 0.25) is 5.91 Å². The highest BCUT2D eigenvalue weighted by Crippen LogP contribution is 1.97. The molecule has 5 nitrogen and oxygen atoms in total. The first-order valence-electron chi connectivity index (χ1n) is 5.08. The fourth-order valence-electron chi connectivity index (χ4n) is 1.06. The van der Waals surface area contributed by atoms with E-state index in [0.29, 0.717) is 6.54 Å². The highest BCUT2D eigenvalue weighted by atomic mass is 16.4. The molecule has 0 aromatic carbocycles. The van der Waals surface area contributed by atoms with E-state index in [1.807, 2.05) is 20.8 Å². The summed E-state index contributed by atoms with van der Waals surface area (Å²) in [5.74, 6) is -0.954. The predicted octanol–water partition coefficient (Wildman–Crippen LogP) is 0.260. The molecular weight excluding hydrogens is 196 g/mol. The van der Waals surface area contributed by atoms with E-state index < -0.39 is 5.97 Å². The van der Waals surface area contributed by atoms with Gasteiger partial charge in [0.1, 0.15) is 0 Å².